The van der Waals surface area contributed by atoms with Crippen molar-refractivity contribution in [2.24, 2.45) is 4.99 Å². The fraction of sp³-hybridized carbons (Fsp3) is 0.179. The molecule has 0 radical (unpaired) electrons. The highest BCUT2D eigenvalue weighted by molar-refractivity contribution is 6.31. The number of rotatable bonds is 6. The SMILES string of the molecule is C=C(Nc1cc(C(=NC)C(F)C(F)(F)F)c(N)c2c1C(c1cc(F)ccc1Cl)NC2=C)c1cc(F)cc(C(F)(F)F)c1. The van der Waals surface area contributed by atoms with Gasteiger partial charge >= 0.3 is 12.4 Å². The normalized spacial score (nSPS) is 16.2. The van der Waals surface area contributed by atoms with Crippen molar-refractivity contribution in [3.8, 4) is 0 Å². The van der Waals surface area contributed by atoms with Crippen LogP contribution in [-0.4, -0.2) is 25.1 Å². The van der Waals surface area contributed by atoms with Gasteiger partial charge in [-0.25, -0.2) is 13.2 Å². The van der Waals surface area contributed by atoms with Gasteiger partial charge in [0.15, 0.2) is 0 Å². The fourth-order valence-electron chi connectivity index (χ4n) is 4.63. The third-order valence-corrected chi connectivity index (χ3v) is 6.83. The van der Waals surface area contributed by atoms with E-state index in [0.29, 0.717) is 6.07 Å². The number of alkyl halides is 7. The molecule has 0 aliphatic carbocycles. The Kier molecular flexibility index (Phi) is 8.02. The van der Waals surface area contributed by atoms with Gasteiger partial charge in [0.1, 0.15) is 11.6 Å². The molecule has 14 heteroatoms. The van der Waals surface area contributed by atoms with Crippen LogP contribution in [0.2, 0.25) is 5.02 Å². The summed E-state index contributed by atoms with van der Waals surface area (Å²) < 4.78 is 123. The van der Waals surface area contributed by atoms with Crippen LogP contribution in [0, 0.1) is 11.6 Å². The molecule has 2 atom stereocenters. The minimum Gasteiger partial charge on any atom is -0.398 e. The van der Waals surface area contributed by atoms with E-state index in [1.807, 2.05) is 0 Å². The Morgan fingerprint density at radius 2 is 1.71 bits per heavy atom. The number of aliphatic imine (C=N–C) groups is 1. The van der Waals surface area contributed by atoms with E-state index in [9.17, 15) is 39.5 Å². The predicted molar refractivity (Wildman–Crippen MR) is 144 cm³/mol. The van der Waals surface area contributed by atoms with Crippen LogP contribution in [0.25, 0.3) is 11.4 Å². The summed E-state index contributed by atoms with van der Waals surface area (Å²) in [6.07, 6.45) is -13.8. The number of nitrogen functional groups attached to an aromatic ring is 1. The second-order valence-corrected chi connectivity index (χ2v) is 9.65. The molecule has 4 rings (SSSR count). The number of nitrogens with two attached hydrogens (primary N) is 1. The topological polar surface area (TPSA) is 62.4 Å². The second-order valence-electron chi connectivity index (χ2n) is 9.24. The molecule has 0 aromatic heterocycles. The molecular weight excluding hydrogens is 599 g/mol. The van der Waals surface area contributed by atoms with E-state index in [1.165, 1.54) is 6.07 Å². The van der Waals surface area contributed by atoms with Crippen LogP contribution in [0.4, 0.5) is 50.9 Å². The lowest BCUT2D eigenvalue weighted by atomic mass is 9.90. The monoisotopic (exact) mass is 618 g/mol. The Balaban J connectivity index is 1.96. The van der Waals surface area contributed by atoms with Crippen LogP contribution >= 0.6 is 11.6 Å². The highest BCUT2D eigenvalue weighted by Gasteiger charge is 2.45. The molecule has 1 heterocycles. The highest BCUT2D eigenvalue weighted by atomic mass is 35.5. The first kappa shape index (κ1) is 30.8. The van der Waals surface area contributed by atoms with Gasteiger partial charge in [-0.05, 0) is 42.5 Å². The van der Waals surface area contributed by atoms with E-state index < -0.39 is 53.0 Å². The molecule has 3 aromatic rings. The lowest BCUT2D eigenvalue weighted by molar-refractivity contribution is -0.160. The van der Waals surface area contributed by atoms with Crippen molar-refractivity contribution < 1.29 is 39.5 Å². The van der Waals surface area contributed by atoms with Crippen LogP contribution < -0.4 is 16.4 Å². The first-order valence-electron chi connectivity index (χ1n) is 11.8. The Labute approximate surface area is 238 Å². The standard InChI is InChI=1S/C28H20ClF9N4/c1-11(13-6-14(27(33,34)35)8-16(31)7-13)41-20-10-18(25(40-3)26(32)28(36,37)38)23(39)21-12(2)42-24(22(20)21)17-9-15(30)4-5-19(17)29/h4-10,24,26,41-42H,1-2,39H2,3H3. The van der Waals surface area contributed by atoms with Crippen molar-refractivity contribution >= 4 is 40.1 Å². The molecule has 0 fully saturated rings. The summed E-state index contributed by atoms with van der Waals surface area (Å²) in [7, 11) is 0.917. The van der Waals surface area contributed by atoms with E-state index in [4.69, 9.17) is 17.3 Å². The molecular formula is C28H20ClF9N4. The van der Waals surface area contributed by atoms with Crippen LogP contribution in [0.5, 0.6) is 0 Å². The highest BCUT2D eigenvalue weighted by Crippen LogP contribution is 2.48. The zero-order valence-corrected chi connectivity index (χ0v) is 22.2. The maximum atomic E-state index is 14.6. The van der Waals surface area contributed by atoms with E-state index in [1.54, 1.807) is 0 Å². The number of nitrogens with zero attached hydrogens (tertiary/aromatic N) is 1. The van der Waals surface area contributed by atoms with Gasteiger partial charge in [-0.2, -0.15) is 26.3 Å². The largest absolute Gasteiger partial charge is 0.425 e. The number of hydrogen-bond acceptors (Lipinski definition) is 4. The fourth-order valence-corrected chi connectivity index (χ4v) is 4.86. The molecule has 42 heavy (non-hydrogen) atoms. The Morgan fingerprint density at radius 1 is 1.05 bits per heavy atom. The van der Waals surface area contributed by atoms with Gasteiger partial charge in [-0.1, -0.05) is 24.8 Å². The first-order valence-corrected chi connectivity index (χ1v) is 12.2. The summed E-state index contributed by atoms with van der Waals surface area (Å²) in [5.41, 5.74) is 2.40. The number of hydrogen-bond donors (Lipinski definition) is 3. The van der Waals surface area contributed by atoms with Crippen molar-refractivity contribution in [2.45, 2.75) is 24.6 Å². The van der Waals surface area contributed by atoms with Crippen molar-refractivity contribution in [3.63, 3.8) is 0 Å². The summed E-state index contributed by atoms with van der Waals surface area (Å²) in [6.45, 7) is 7.48. The smallest absolute Gasteiger partial charge is 0.398 e. The number of benzene rings is 3. The quantitative estimate of drug-likeness (QED) is 0.148. The zero-order valence-electron chi connectivity index (χ0n) is 21.4. The molecule has 4 N–H and O–H groups in total. The van der Waals surface area contributed by atoms with Gasteiger partial charge in [-0.3, -0.25) is 4.99 Å². The number of halogens is 10. The third-order valence-electron chi connectivity index (χ3n) is 6.49. The number of fused-ring (bicyclic) bond motifs is 1. The summed E-state index contributed by atoms with van der Waals surface area (Å²) in [6, 6.07) is 5.00. The summed E-state index contributed by atoms with van der Waals surface area (Å²) in [5.74, 6) is -1.93. The zero-order chi connectivity index (χ0) is 31.3. The molecule has 2 unspecified atom stereocenters. The van der Waals surface area contributed by atoms with Crippen molar-refractivity contribution in [1.29, 1.82) is 0 Å². The van der Waals surface area contributed by atoms with Crippen molar-refractivity contribution in [1.82, 2.24) is 5.32 Å². The summed E-state index contributed by atoms with van der Waals surface area (Å²) in [5, 5.41) is 5.67. The Hall–Kier alpha value is -4.13. The van der Waals surface area contributed by atoms with Crippen LogP contribution in [0.1, 0.15) is 39.4 Å². The molecule has 0 saturated carbocycles. The van der Waals surface area contributed by atoms with Crippen molar-refractivity contribution in [2.75, 3.05) is 18.1 Å². The van der Waals surface area contributed by atoms with E-state index in [2.05, 4.69) is 28.8 Å². The molecule has 1 aliphatic heterocycles. The summed E-state index contributed by atoms with van der Waals surface area (Å²) in [4.78, 5) is 3.46. The molecule has 0 spiro atoms. The van der Waals surface area contributed by atoms with Gasteiger partial charge in [0.25, 0.3) is 0 Å². The lowest BCUT2D eigenvalue weighted by Crippen LogP contribution is -2.34. The number of nitrogens with one attached hydrogen (secondary N) is 2. The van der Waals surface area contributed by atoms with Crippen LogP contribution in [-0.2, 0) is 6.18 Å². The van der Waals surface area contributed by atoms with Gasteiger partial charge < -0.3 is 16.4 Å². The Bertz CT molecular complexity index is 1630. The average Bonchev–Trinajstić information content (AvgIpc) is 3.24. The molecule has 4 nitrogen and oxygen atoms in total. The molecule has 0 amide bonds. The predicted octanol–water partition coefficient (Wildman–Crippen LogP) is 8.28. The maximum absolute atomic E-state index is 14.6. The molecule has 0 bridgehead atoms. The third kappa shape index (κ3) is 5.78. The van der Waals surface area contributed by atoms with E-state index in [0.717, 1.165) is 31.3 Å². The lowest BCUT2D eigenvalue weighted by Gasteiger charge is -2.23. The average molecular weight is 619 g/mol. The minimum absolute atomic E-state index is 0.0149. The van der Waals surface area contributed by atoms with Crippen LogP contribution in [0.15, 0.2) is 60.6 Å². The van der Waals surface area contributed by atoms with Gasteiger partial charge in [-0.15, -0.1) is 0 Å². The maximum Gasteiger partial charge on any atom is 0.425 e. The van der Waals surface area contributed by atoms with Gasteiger partial charge in [0.05, 0.1) is 23.0 Å². The number of anilines is 2. The van der Waals surface area contributed by atoms with Gasteiger partial charge in [0.2, 0.25) is 6.17 Å². The van der Waals surface area contributed by atoms with Crippen LogP contribution in [0.3, 0.4) is 0 Å². The van der Waals surface area contributed by atoms with E-state index >= 15 is 0 Å². The first-order chi connectivity index (χ1) is 19.4. The molecule has 0 saturated heterocycles. The molecule has 222 valence electrons. The second kappa shape index (κ2) is 10.9. The van der Waals surface area contributed by atoms with E-state index in [-0.39, 0.29) is 56.1 Å². The summed E-state index contributed by atoms with van der Waals surface area (Å²) >= 11 is 6.31. The minimum atomic E-state index is -5.36. The molecule has 1 aliphatic rings. The van der Waals surface area contributed by atoms with Gasteiger partial charge in [0, 0.05) is 57.0 Å². The Morgan fingerprint density at radius 3 is 2.31 bits per heavy atom. The molecule has 3 aromatic carbocycles. The van der Waals surface area contributed by atoms with Crippen molar-refractivity contribution in [3.05, 3.63) is 106 Å².